The minimum Gasteiger partial charge on any atom is -0.396 e. The Hall–Kier alpha value is -2.08. The molecule has 5 rings (SSSR count). The van der Waals surface area contributed by atoms with Gasteiger partial charge in [-0.2, -0.15) is 5.10 Å². The highest BCUT2D eigenvalue weighted by molar-refractivity contribution is 5.56. The second kappa shape index (κ2) is 5.21. The Kier molecular flexibility index (Phi) is 3.10. The van der Waals surface area contributed by atoms with Crippen molar-refractivity contribution in [3.05, 3.63) is 30.0 Å². The molecule has 2 atom stereocenters. The first kappa shape index (κ1) is 14.3. The Balaban J connectivity index is 1.34. The van der Waals surface area contributed by atoms with E-state index < -0.39 is 0 Å². The molecule has 126 valence electrons. The lowest BCUT2D eigenvalue weighted by Gasteiger charge is -2.32. The van der Waals surface area contributed by atoms with Gasteiger partial charge in [0.15, 0.2) is 5.82 Å². The largest absolute Gasteiger partial charge is 0.396 e. The fourth-order valence-electron chi connectivity index (χ4n) is 4.33. The van der Waals surface area contributed by atoms with Gasteiger partial charge in [0.1, 0.15) is 11.6 Å². The van der Waals surface area contributed by atoms with Crippen molar-refractivity contribution in [1.29, 1.82) is 0 Å². The Morgan fingerprint density at radius 3 is 3.00 bits per heavy atom. The van der Waals surface area contributed by atoms with Crippen molar-refractivity contribution in [1.82, 2.24) is 15.2 Å². The van der Waals surface area contributed by atoms with Gasteiger partial charge in [0.2, 0.25) is 0 Å². The Morgan fingerprint density at radius 1 is 1.29 bits per heavy atom. The fraction of sp³-hybridized carbons (Fsp3) is 0.556. The van der Waals surface area contributed by atoms with E-state index in [1.54, 1.807) is 0 Å². The molecule has 1 aliphatic heterocycles. The number of aliphatic hydroxyl groups is 1. The van der Waals surface area contributed by atoms with Gasteiger partial charge in [-0.25, -0.2) is 4.98 Å². The smallest absolute Gasteiger partial charge is 0.153 e. The second-order valence-electron chi connectivity index (χ2n) is 7.67. The molecule has 3 N–H and O–H groups in total. The number of aliphatic hydroxyl groups excluding tert-OH is 1. The molecule has 2 aliphatic carbocycles. The Morgan fingerprint density at radius 2 is 2.21 bits per heavy atom. The summed E-state index contributed by atoms with van der Waals surface area (Å²) in [7, 11) is 0. The van der Waals surface area contributed by atoms with E-state index in [1.165, 1.54) is 18.5 Å². The van der Waals surface area contributed by atoms with Crippen molar-refractivity contribution in [2.45, 2.75) is 44.1 Å². The lowest BCUT2D eigenvalue weighted by atomic mass is 9.88. The molecule has 6 heteroatoms. The second-order valence-corrected chi connectivity index (χ2v) is 7.67. The SMILES string of the molecule is OCC12CCC(C1)N(c1cccc(Nc3cc(C4CC4)[nH]n3)n1)C2. The molecule has 3 fully saturated rings. The number of aromatic amines is 1. The standard InChI is InChI=1S/C18H23N5O/c24-11-18-7-6-13(9-18)23(10-18)17-3-1-2-15(20-17)19-16-8-14(21-22-16)12-4-5-12/h1-3,8,12-13,24H,4-7,9-11H2,(H2,19,20,21,22). The maximum absolute atomic E-state index is 9.74. The third-order valence-electron chi connectivity index (χ3n) is 5.86. The fourth-order valence-corrected chi connectivity index (χ4v) is 4.33. The van der Waals surface area contributed by atoms with Crippen molar-refractivity contribution in [2.24, 2.45) is 5.41 Å². The molecule has 0 aromatic carbocycles. The normalized spacial score (nSPS) is 28.5. The maximum Gasteiger partial charge on any atom is 0.153 e. The summed E-state index contributed by atoms with van der Waals surface area (Å²) in [5, 5.41) is 20.5. The number of nitrogens with zero attached hydrogens (tertiary/aromatic N) is 3. The quantitative estimate of drug-likeness (QED) is 0.788. The summed E-state index contributed by atoms with van der Waals surface area (Å²) < 4.78 is 0. The first-order valence-electron chi connectivity index (χ1n) is 8.92. The molecule has 6 nitrogen and oxygen atoms in total. The molecular formula is C18H23N5O. The Labute approximate surface area is 141 Å². The summed E-state index contributed by atoms with van der Waals surface area (Å²) in [6.45, 7) is 1.20. The number of rotatable bonds is 5. The van der Waals surface area contributed by atoms with Gasteiger partial charge in [-0.15, -0.1) is 0 Å². The van der Waals surface area contributed by atoms with Crippen LogP contribution >= 0.6 is 0 Å². The van der Waals surface area contributed by atoms with Crippen LogP contribution in [-0.2, 0) is 0 Å². The monoisotopic (exact) mass is 325 g/mol. The van der Waals surface area contributed by atoms with E-state index in [1.807, 2.05) is 12.1 Å². The number of hydrogen-bond acceptors (Lipinski definition) is 5. The molecule has 3 aliphatic rings. The van der Waals surface area contributed by atoms with Crippen molar-refractivity contribution in [3.63, 3.8) is 0 Å². The van der Waals surface area contributed by atoms with Crippen LogP contribution in [0, 0.1) is 5.41 Å². The van der Waals surface area contributed by atoms with Crippen LogP contribution in [0.5, 0.6) is 0 Å². The van der Waals surface area contributed by atoms with Crippen LogP contribution in [0.1, 0.15) is 43.7 Å². The lowest BCUT2D eigenvalue weighted by molar-refractivity contribution is 0.148. The molecule has 1 saturated heterocycles. The van der Waals surface area contributed by atoms with E-state index in [0.29, 0.717) is 12.0 Å². The zero-order chi connectivity index (χ0) is 16.1. The maximum atomic E-state index is 9.74. The van der Waals surface area contributed by atoms with E-state index in [2.05, 4.69) is 32.5 Å². The number of aromatic nitrogens is 3. The summed E-state index contributed by atoms with van der Waals surface area (Å²) in [6.07, 6.45) is 5.91. The van der Waals surface area contributed by atoms with Crippen molar-refractivity contribution in [2.75, 3.05) is 23.4 Å². The number of hydrogen-bond donors (Lipinski definition) is 3. The van der Waals surface area contributed by atoms with E-state index >= 15 is 0 Å². The average Bonchev–Trinajstić information content (AvgIpc) is 3.07. The summed E-state index contributed by atoms with van der Waals surface area (Å²) in [5.41, 5.74) is 1.31. The van der Waals surface area contributed by atoms with Crippen LogP contribution in [0.15, 0.2) is 24.3 Å². The van der Waals surface area contributed by atoms with Gasteiger partial charge in [-0.05, 0) is 44.2 Å². The van der Waals surface area contributed by atoms with Gasteiger partial charge in [0.25, 0.3) is 0 Å². The third kappa shape index (κ3) is 2.36. The molecule has 2 unspecified atom stereocenters. The summed E-state index contributed by atoms with van der Waals surface area (Å²) in [4.78, 5) is 7.15. The first-order chi connectivity index (χ1) is 11.7. The minimum absolute atomic E-state index is 0.0944. The van der Waals surface area contributed by atoms with Gasteiger partial charge in [-0.1, -0.05) is 6.07 Å². The summed E-state index contributed by atoms with van der Waals surface area (Å²) in [5.74, 6) is 3.32. The number of piperidine rings is 1. The summed E-state index contributed by atoms with van der Waals surface area (Å²) >= 11 is 0. The van der Waals surface area contributed by atoms with Gasteiger partial charge in [-0.3, -0.25) is 5.10 Å². The zero-order valence-corrected chi connectivity index (χ0v) is 13.7. The molecule has 0 spiro atoms. The van der Waals surface area contributed by atoms with Crippen molar-refractivity contribution >= 4 is 17.5 Å². The first-order valence-corrected chi connectivity index (χ1v) is 8.92. The van der Waals surface area contributed by atoms with Gasteiger partial charge < -0.3 is 15.3 Å². The number of anilines is 3. The minimum atomic E-state index is 0.0944. The zero-order valence-electron chi connectivity index (χ0n) is 13.7. The van der Waals surface area contributed by atoms with Crippen LogP contribution in [0.3, 0.4) is 0 Å². The van der Waals surface area contributed by atoms with Gasteiger partial charge >= 0.3 is 0 Å². The Bertz CT molecular complexity index is 755. The number of nitrogens with one attached hydrogen (secondary N) is 2. The molecule has 0 amide bonds. The van der Waals surface area contributed by atoms with E-state index in [-0.39, 0.29) is 12.0 Å². The number of fused-ring (bicyclic) bond motifs is 2. The highest BCUT2D eigenvalue weighted by Gasteiger charge is 2.49. The van der Waals surface area contributed by atoms with Crippen LogP contribution < -0.4 is 10.2 Å². The third-order valence-corrected chi connectivity index (χ3v) is 5.86. The molecule has 3 heterocycles. The van der Waals surface area contributed by atoms with Crippen LogP contribution in [-0.4, -0.2) is 39.5 Å². The predicted molar refractivity (Wildman–Crippen MR) is 92.6 cm³/mol. The molecule has 2 aromatic rings. The van der Waals surface area contributed by atoms with Gasteiger partial charge in [0.05, 0.1) is 6.61 Å². The van der Waals surface area contributed by atoms with Crippen molar-refractivity contribution < 1.29 is 5.11 Å². The van der Waals surface area contributed by atoms with Crippen LogP contribution in [0.25, 0.3) is 0 Å². The van der Waals surface area contributed by atoms with Crippen LogP contribution in [0.2, 0.25) is 0 Å². The molecule has 2 bridgehead atoms. The molecule has 0 radical (unpaired) electrons. The molecular weight excluding hydrogens is 302 g/mol. The molecule has 2 saturated carbocycles. The summed E-state index contributed by atoms with van der Waals surface area (Å²) in [6, 6.07) is 8.69. The van der Waals surface area contributed by atoms with Crippen LogP contribution in [0.4, 0.5) is 17.5 Å². The van der Waals surface area contributed by atoms with Crippen molar-refractivity contribution in [3.8, 4) is 0 Å². The molecule has 2 aromatic heterocycles. The van der Waals surface area contributed by atoms with E-state index in [9.17, 15) is 5.11 Å². The highest BCUT2D eigenvalue weighted by Crippen LogP contribution is 2.48. The average molecular weight is 325 g/mol. The van der Waals surface area contributed by atoms with E-state index in [0.717, 1.165) is 43.3 Å². The number of pyridine rings is 1. The van der Waals surface area contributed by atoms with E-state index in [4.69, 9.17) is 4.98 Å². The predicted octanol–water partition coefficient (Wildman–Crippen LogP) is 2.78. The number of H-pyrrole nitrogens is 1. The lowest BCUT2D eigenvalue weighted by Crippen LogP contribution is -2.37. The van der Waals surface area contributed by atoms with Gasteiger partial charge in [0, 0.05) is 35.7 Å². The topological polar surface area (TPSA) is 77.1 Å². The highest BCUT2D eigenvalue weighted by atomic mass is 16.3. The molecule has 24 heavy (non-hydrogen) atoms.